The van der Waals surface area contributed by atoms with Gasteiger partial charge in [-0.3, -0.25) is 0 Å². The Morgan fingerprint density at radius 2 is 2.09 bits per heavy atom. The maximum Gasteiger partial charge on any atom is 0.271 e. The van der Waals surface area contributed by atoms with Gasteiger partial charge in [-0.25, -0.2) is 0 Å². The van der Waals surface area contributed by atoms with Crippen molar-refractivity contribution in [2.24, 2.45) is 0 Å². The van der Waals surface area contributed by atoms with Crippen LogP contribution in [-0.2, 0) is 10.3 Å². The quantitative estimate of drug-likeness (QED) is 0.931. The van der Waals surface area contributed by atoms with Crippen LogP contribution in [0, 0.1) is 0 Å². The second kappa shape index (κ2) is 5.42. The van der Waals surface area contributed by atoms with E-state index >= 15 is 0 Å². The summed E-state index contributed by atoms with van der Waals surface area (Å²) in [5.74, 6) is 2.09. The van der Waals surface area contributed by atoms with Crippen LogP contribution in [0.2, 0.25) is 0 Å². The van der Waals surface area contributed by atoms with Gasteiger partial charge in [0.2, 0.25) is 11.9 Å². The number of rotatable bonds is 3. The van der Waals surface area contributed by atoms with Gasteiger partial charge in [0.05, 0.1) is 0 Å². The second-order valence-corrected chi connectivity index (χ2v) is 5.91. The highest BCUT2D eigenvalue weighted by Gasteiger charge is 2.41. The van der Waals surface area contributed by atoms with Crippen molar-refractivity contribution in [1.82, 2.24) is 10.1 Å². The highest BCUT2D eigenvalue weighted by Crippen LogP contribution is 2.42. The smallest absolute Gasteiger partial charge is 0.271 e. The molecular formula is C16H18N2O5. The third-order valence-corrected chi connectivity index (χ3v) is 4.51. The molecule has 7 nitrogen and oxygen atoms in total. The molecule has 23 heavy (non-hydrogen) atoms. The zero-order valence-corrected chi connectivity index (χ0v) is 12.8. The number of benzene rings is 1. The molecule has 1 fully saturated rings. The summed E-state index contributed by atoms with van der Waals surface area (Å²) in [6, 6.07) is 4.72. The first kappa shape index (κ1) is 14.3. The molecule has 1 aromatic carbocycles. The zero-order valence-electron chi connectivity index (χ0n) is 12.8. The number of methoxy groups -OCH3 is 1. The molecule has 122 valence electrons. The predicted octanol–water partition coefficient (Wildman–Crippen LogP) is 2.70. The number of aromatic nitrogens is 2. The standard InChI is InChI=1S/C16H18N2O5/c1-20-16(6-2-3-7-16)15-17-14(23-18-15)13-9-21-11-5-4-10(19)8-12(11)22-13/h4-5,8,13,19H,2-3,6-7,9H2,1H3. The molecule has 1 aliphatic heterocycles. The number of hydrogen-bond acceptors (Lipinski definition) is 7. The SMILES string of the molecule is COC1(c2noc(C3COc4ccc(O)cc4O3)n2)CCCC1. The van der Waals surface area contributed by atoms with Crippen molar-refractivity contribution in [2.75, 3.05) is 13.7 Å². The van der Waals surface area contributed by atoms with E-state index in [1.165, 1.54) is 6.07 Å². The van der Waals surface area contributed by atoms with Crippen LogP contribution >= 0.6 is 0 Å². The van der Waals surface area contributed by atoms with E-state index in [0.717, 1.165) is 25.7 Å². The van der Waals surface area contributed by atoms with Crippen LogP contribution in [0.1, 0.15) is 43.5 Å². The van der Waals surface area contributed by atoms with Gasteiger partial charge in [0, 0.05) is 13.2 Å². The molecule has 4 rings (SSSR count). The number of phenols is 1. The molecule has 1 aliphatic carbocycles. The molecule has 0 saturated heterocycles. The Balaban J connectivity index is 1.58. The van der Waals surface area contributed by atoms with Crippen LogP contribution in [0.4, 0.5) is 0 Å². The summed E-state index contributed by atoms with van der Waals surface area (Å²) in [7, 11) is 1.68. The normalized spacial score (nSPS) is 22.2. The summed E-state index contributed by atoms with van der Waals surface area (Å²) in [4.78, 5) is 4.48. The molecule has 1 atom stereocenters. The molecule has 2 aliphatic rings. The van der Waals surface area contributed by atoms with Crippen LogP contribution in [0.3, 0.4) is 0 Å². The van der Waals surface area contributed by atoms with Crippen LogP contribution in [-0.4, -0.2) is 29.0 Å². The molecule has 2 aromatic rings. The minimum atomic E-state index is -0.499. The van der Waals surface area contributed by atoms with Crippen LogP contribution < -0.4 is 9.47 Å². The fourth-order valence-electron chi connectivity index (χ4n) is 3.20. The van der Waals surface area contributed by atoms with Crippen molar-refractivity contribution < 1.29 is 23.8 Å². The average molecular weight is 318 g/mol. The summed E-state index contributed by atoms with van der Waals surface area (Å²) < 4.78 is 22.5. The lowest BCUT2D eigenvalue weighted by Crippen LogP contribution is -2.26. The van der Waals surface area contributed by atoms with Crippen molar-refractivity contribution in [3.05, 3.63) is 29.9 Å². The largest absolute Gasteiger partial charge is 0.508 e. The molecule has 1 N–H and O–H groups in total. The molecule has 0 spiro atoms. The maximum absolute atomic E-state index is 9.56. The van der Waals surface area contributed by atoms with Gasteiger partial charge in [0.1, 0.15) is 18.0 Å². The van der Waals surface area contributed by atoms with Crippen molar-refractivity contribution in [3.8, 4) is 17.2 Å². The van der Waals surface area contributed by atoms with Crippen LogP contribution in [0.25, 0.3) is 0 Å². The van der Waals surface area contributed by atoms with Gasteiger partial charge in [-0.2, -0.15) is 4.98 Å². The average Bonchev–Trinajstić information content (AvgIpc) is 3.24. The summed E-state index contributed by atoms with van der Waals surface area (Å²) >= 11 is 0. The first-order valence-electron chi connectivity index (χ1n) is 7.72. The van der Waals surface area contributed by atoms with E-state index in [4.69, 9.17) is 18.7 Å². The van der Waals surface area contributed by atoms with Gasteiger partial charge in [0.15, 0.2) is 11.5 Å². The lowest BCUT2D eigenvalue weighted by Gasteiger charge is -2.24. The molecular weight excluding hydrogens is 300 g/mol. The third-order valence-electron chi connectivity index (χ3n) is 4.51. The van der Waals surface area contributed by atoms with Gasteiger partial charge in [-0.15, -0.1) is 0 Å². The monoisotopic (exact) mass is 318 g/mol. The van der Waals surface area contributed by atoms with E-state index in [0.29, 0.717) is 23.2 Å². The van der Waals surface area contributed by atoms with Crippen molar-refractivity contribution in [1.29, 1.82) is 0 Å². The van der Waals surface area contributed by atoms with E-state index in [1.807, 2.05) is 0 Å². The Hall–Kier alpha value is -2.28. The summed E-state index contributed by atoms with van der Waals surface area (Å²) in [6.07, 6.45) is 3.46. The molecule has 7 heteroatoms. The van der Waals surface area contributed by atoms with E-state index in [-0.39, 0.29) is 12.4 Å². The number of ether oxygens (including phenoxy) is 3. The predicted molar refractivity (Wildman–Crippen MR) is 78.4 cm³/mol. The van der Waals surface area contributed by atoms with E-state index in [1.54, 1.807) is 19.2 Å². The van der Waals surface area contributed by atoms with Crippen LogP contribution in [0.5, 0.6) is 17.2 Å². The fourth-order valence-corrected chi connectivity index (χ4v) is 3.20. The molecule has 2 heterocycles. The number of nitrogens with zero attached hydrogens (tertiary/aromatic N) is 2. The first-order chi connectivity index (χ1) is 11.2. The molecule has 0 bridgehead atoms. The molecule has 1 unspecified atom stereocenters. The maximum atomic E-state index is 9.56. The van der Waals surface area contributed by atoms with E-state index < -0.39 is 11.7 Å². The lowest BCUT2D eigenvalue weighted by molar-refractivity contribution is -0.0178. The highest BCUT2D eigenvalue weighted by molar-refractivity contribution is 5.46. The minimum absolute atomic E-state index is 0.114. The Bertz CT molecular complexity index is 708. The Morgan fingerprint density at radius 1 is 1.26 bits per heavy atom. The Labute approximate surface area is 133 Å². The molecule has 0 amide bonds. The Kier molecular flexibility index (Phi) is 3.37. The summed E-state index contributed by atoms with van der Waals surface area (Å²) in [5.41, 5.74) is -0.451. The van der Waals surface area contributed by atoms with Crippen molar-refractivity contribution in [3.63, 3.8) is 0 Å². The molecule has 1 saturated carbocycles. The van der Waals surface area contributed by atoms with Crippen molar-refractivity contribution >= 4 is 0 Å². The second-order valence-electron chi connectivity index (χ2n) is 5.91. The highest BCUT2D eigenvalue weighted by atomic mass is 16.6. The Morgan fingerprint density at radius 3 is 2.87 bits per heavy atom. The van der Waals surface area contributed by atoms with Gasteiger partial charge >= 0.3 is 0 Å². The summed E-state index contributed by atoms with van der Waals surface area (Å²) in [6.45, 7) is 0.277. The molecule has 0 radical (unpaired) electrons. The van der Waals surface area contributed by atoms with E-state index in [9.17, 15) is 5.11 Å². The zero-order chi connectivity index (χ0) is 15.9. The van der Waals surface area contributed by atoms with Gasteiger partial charge in [-0.1, -0.05) is 5.16 Å². The van der Waals surface area contributed by atoms with Gasteiger partial charge in [0.25, 0.3) is 5.89 Å². The van der Waals surface area contributed by atoms with Gasteiger partial charge in [-0.05, 0) is 37.8 Å². The number of phenolic OH excluding ortho intramolecular Hbond substituents is 1. The van der Waals surface area contributed by atoms with Crippen molar-refractivity contribution in [2.45, 2.75) is 37.4 Å². The third kappa shape index (κ3) is 2.41. The number of hydrogen-bond donors (Lipinski definition) is 1. The van der Waals surface area contributed by atoms with Gasteiger partial charge < -0.3 is 23.8 Å². The minimum Gasteiger partial charge on any atom is -0.508 e. The van der Waals surface area contributed by atoms with Crippen LogP contribution in [0.15, 0.2) is 22.7 Å². The topological polar surface area (TPSA) is 86.8 Å². The number of aromatic hydroxyl groups is 1. The summed E-state index contributed by atoms with van der Waals surface area (Å²) in [5, 5.41) is 13.6. The molecule has 1 aromatic heterocycles. The lowest BCUT2D eigenvalue weighted by atomic mass is 10.0. The van der Waals surface area contributed by atoms with E-state index in [2.05, 4.69) is 10.1 Å². The fraction of sp³-hybridized carbons (Fsp3) is 0.500. The number of fused-ring (bicyclic) bond motifs is 1. The first-order valence-corrected chi connectivity index (χ1v) is 7.72.